The van der Waals surface area contributed by atoms with Crippen molar-refractivity contribution < 1.29 is 23.1 Å². The zero-order valence-electron chi connectivity index (χ0n) is 13.9. The predicted molar refractivity (Wildman–Crippen MR) is 88.2 cm³/mol. The quantitative estimate of drug-likeness (QED) is 0.867. The second kappa shape index (κ2) is 6.63. The van der Waals surface area contributed by atoms with E-state index in [-0.39, 0.29) is 24.0 Å². The molecule has 0 aromatic heterocycles. The number of carbonyl (C=O) groups excluding carboxylic acids is 2. The van der Waals surface area contributed by atoms with Gasteiger partial charge in [0.2, 0.25) is 11.8 Å². The summed E-state index contributed by atoms with van der Waals surface area (Å²) in [6.45, 7) is 1.82. The molecule has 1 heterocycles. The van der Waals surface area contributed by atoms with Crippen LogP contribution in [0.4, 0.5) is 8.78 Å². The van der Waals surface area contributed by atoms with E-state index in [0.717, 1.165) is 11.6 Å². The van der Waals surface area contributed by atoms with Crippen LogP contribution in [-0.4, -0.2) is 18.9 Å². The van der Waals surface area contributed by atoms with Crippen LogP contribution in [0.5, 0.6) is 5.75 Å². The molecule has 2 amide bonds. The molecular formula is C19H17F2NO3. The Hall–Kier alpha value is -2.76. The van der Waals surface area contributed by atoms with Crippen molar-refractivity contribution in [2.45, 2.75) is 25.7 Å². The lowest BCUT2D eigenvalue weighted by atomic mass is 9.87. The van der Waals surface area contributed by atoms with E-state index >= 15 is 4.39 Å². The molecule has 4 nitrogen and oxygen atoms in total. The SMILES string of the molecule is COc1ccc(-c2ccc(F)c(C3CCC(=O)NC3=O)c2F)cc1C. The first-order valence-electron chi connectivity index (χ1n) is 7.89. The number of rotatable bonds is 3. The maximum Gasteiger partial charge on any atom is 0.234 e. The van der Waals surface area contributed by atoms with Crippen LogP contribution in [0.25, 0.3) is 11.1 Å². The van der Waals surface area contributed by atoms with Gasteiger partial charge in [0, 0.05) is 17.5 Å². The summed E-state index contributed by atoms with van der Waals surface area (Å²) in [5.74, 6) is -3.02. The van der Waals surface area contributed by atoms with E-state index in [1.807, 2.05) is 6.92 Å². The standard InChI is InChI=1S/C19H17F2NO3/c1-10-9-11(3-7-15(10)25-2)12-4-6-14(20)17(18(12)21)13-5-8-16(23)22-19(13)24/h3-4,6-7,9,13H,5,8H2,1-2H3,(H,22,23,24). The van der Waals surface area contributed by atoms with Gasteiger partial charge in [-0.3, -0.25) is 14.9 Å². The molecule has 1 saturated heterocycles. The highest BCUT2D eigenvalue weighted by Gasteiger charge is 2.33. The number of piperidine rings is 1. The third-order valence-corrected chi connectivity index (χ3v) is 4.42. The van der Waals surface area contributed by atoms with E-state index in [1.54, 1.807) is 25.3 Å². The number of halogens is 2. The summed E-state index contributed by atoms with van der Waals surface area (Å²) in [5.41, 5.74) is 1.28. The maximum atomic E-state index is 15.1. The van der Waals surface area contributed by atoms with Gasteiger partial charge in [0.05, 0.1) is 13.0 Å². The molecule has 6 heteroatoms. The highest BCUT2D eigenvalue weighted by atomic mass is 19.1. The minimum Gasteiger partial charge on any atom is -0.496 e. The predicted octanol–water partition coefficient (Wildman–Crippen LogP) is 3.47. The Morgan fingerprint density at radius 3 is 2.56 bits per heavy atom. The summed E-state index contributed by atoms with van der Waals surface area (Å²) >= 11 is 0. The Kier molecular flexibility index (Phi) is 4.53. The van der Waals surface area contributed by atoms with E-state index in [0.29, 0.717) is 11.3 Å². The number of nitrogens with one attached hydrogen (secondary N) is 1. The summed E-state index contributed by atoms with van der Waals surface area (Å²) in [6, 6.07) is 7.62. The zero-order valence-corrected chi connectivity index (χ0v) is 13.9. The van der Waals surface area contributed by atoms with Gasteiger partial charge in [-0.1, -0.05) is 6.07 Å². The fourth-order valence-electron chi connectivity index (χ4n) is 3.13. The molecule has 1 aliphatic heterocycles. The number of amides is 2. The van der Waals surface area contributed by atoms with E-state index in [1.165, 1.54) is 6.07 Å². The van der Waals surface area contributed by atoms with E-state index in [4.69, 9.17) is 4.74 Å². The Morgan fingerprint density at radius 2 is 1.92 bits per heavy atom. The minimum absolute atomic E-state index is 0.0567. The van der Waals surface area contributed by atoms with E-state index in [2.05, 4.69) is 5.32 Å². The second-order valence-corrected chi connectivity index (χ2v) is 6.01. The number of carbonyl (C=O) groups is 2. The third-order valence-electron chi connectivity index (χ3n) is 4.42. The minimum atomic E-state index is -1.02. The van der Waals surface area contributed by atoms with Crippen LogP contribution in [0.2, 0.25) is 0 Å². The van der Waals surface area contributed by atoms with Crippen molar-refractivity contribution >= 4 is 11.8 Å². The van der Waals surface area contributed by atoms with E-state index in [9.17, 15) is 14.0 Å². The van der Waals surface area contributed by atoms with Gasteiger partial charge < -0.3 is 4.74 Å². The number of hydrogen-bond acceptors (Lipinski definition) is 3. The molecule has 0 saturated carbocycles. The first-order valence-corrected chi connectivity index (χ1v) is 7.89. The molecule has 2 aromatic carbocycles. The van der Waals surface area contributed by atoms with E-state index < -0.39 is 29.4 Å². The Bertz CT molecular complexity index is 864. The molecule has 1 atom stereocenters. The monoisotopic (exact) mass is 345 g/mol. The molecule has 25 heavy (non-hydrogen) atoms. The average molecular weight is 345 g/mol. The molecule has 1 unspecified atom stereocenters. The van der Waals surface area contributed by atoms with Crippen LogP contribution in [0, 0.1) is 18.6 Å². The van der Waals surface area contributed by atoms with Gasteiger partial charge >= 0.3 is 0 Å². The largest absolute Gasteiger partial charge is 0.496 e. The number of benzene rings is 2. The van der Waals surface area contributed by atoms with Gasteiger partial charge in [-0.25, -0.2) is 8.78 Å². The first kappa shape index (κ1) is 17.1. The Labute approximate surface area is 143 Å². The summed E-state index contributed by atoms with van der Waals surface area (Å²) < 4.78 is 34.5. The summed E-state index contributed by atoms with van der Waals surface area (Å²) in [5, 5.41) is 2.14. The van der Waals surface area contributed by atoms with Crippen LogP contribution in [0.1, 0.15) is 29.9 Å². The summed E-state index contributed by atoms with van der Waals surface area (Å²) in [4.78, 5) is 23.3. The van der Waals surface area contributed by atoms with Gasteiger partial charge in [0.1, 0.15) is 17.4 Å². The molecule has 0 aliphatic carbocycles. The van der Waals surface area contributed by atoms with Gasteiger partial charge in [0.25, 0.3) is 0 Å². The van der Waals surface area contributed by atoms with Crippen molar-refractivity contribution in [1.82, 2.24) is 5.32 Å². The number of ether oxygens (including phenoxy) is 1. The Morgan fingerprint density at radius 1 is 1.16 bits per heavy atom. The van der Waals surface area contributed by atoms with Crippen LogP contribution in [-0.2, 0) is 9.59 Å². The topological polar surface area (TPSA) is 55.4 Å². The van der Waals surface area contributed by atoms with Crippen LogP contribution in [0.15, 0.2) is 30.3 Å². The second-order valence-electron chi connectivity index (χ2n) is 6.01. The number of imide groups is 1. The van der Waals surface area contributed by atoms with Gasteiger partial charge in [-0.2, -0.15) is 0 Å². The van der Waals surface area contributed by atoms with Crippen molar-refractivity contribution in [2.24, 2.45) is 0 Å². The van der Waals surface area contributed by atoms with Gasteiger partial charge in [0.15, 0.2) is 0 Å². The lowest BCUT2D eigenvalue weighted by Gasteiger charge is -2.23. The van der Waals surface area contributed by atoms with Crippen molar-refractivity contribution in [3.63, 3.8) is 0 Å². The molecule has 130 valence electrons. The summed E-state index contributed by atoms with van der Waals surface area (Å²) in [7, 11) is 1.54. The van der Waals surface area contributed by atoms with Crippen molar-refractivity contribution in [1.29, 1.82) is 0 Å². The van der Waals surface area contributed by atoms with Gasteiger partial charge in [-0.15, -0.1) is 0 Å². The lowest BCUT2D eigenvalue weighted by Crippen LogP contribution is -2.40. The van der Waals surface area contributed by atoms with Crippen molar-refractivity contribution in [3.8, 4) is 16.9 Å². The number of methoxy groups -OCH3 is 1. The highest BCUT2D eigenvalue weighted by Crippen LogP contribution is 2.35. The third kappa shape index (κ3) is 3.12. The fourth-order valence-corrected chi connectivity index (χ4v) is 3.13. The van der Waals surface area contributed by atoms with Crippen LogP contribution in [0.3, 0.4) is 0 Å². The molecule has 1 aliphatic rings. The molecule has 0 radical (unpaired) electrons. The van der Waals surface area contributed by atoms with Crippen LogP contribution < -0.4 is 10.1 Å². The first-order chi connectivity index (χ1) is 11.9. The van der Waals surface area contributed by atoms with Crippen molar-refractivity contribution in [3.05, 3.63) is 53.1 Å². The smallest absolute Gasteiger partial charge is 0.234 e. The molecular weight excluding hydrogens is 328 g/mol. The number of hydrogen-bond donors (Lipinski definition) is 1. The van der Waals surface area contributed by atoms with Gasteiger partial charge in [-0.05, 0) is 48.7 Å². The molecule has 0 bridgehead atoms. The molecule has 1 fully saturated rings. The summed E-state index contributed by atoms with van der Waals surface area (Å²) in [6.07, 6.45) is 0.144. The molecule has 3 rings (SSSR count). The zero-order chi connectivity index (χ0) is 18.1. The number of aryl methyl sites for hydroxylation is 1. The van der Waals surface area contributed by atoms with Crippen molar-refractivity contribution in [2.75, 3.05) is 7.11 Å². The maximum absolute atomic E-state index is 15.1. The van der Waals surface area contributed by atoms with Crippen LogP contribution >= 0.6 is 0 Å². The highest BCUT2D eigenvalue weighted by molar-refractivity contribution is 6.01. The molecule has 1 N–H and O–H groups in total. The Balaban J connectivity index is 2.07. The fraction of sp³-hybridized carbons (Fsp3) is 0.263. The average Bonchev–Trinajstić information content (AvgIpc) is 2.56. The normalized spacial score (nSPS) is 17.4. The molecule has 0 spiro atoms. The molecule has 2 aromatic rings. The lowest BCUT2D eigenvalue weighted by molar-refractivity contribution is -0.134.